The molecule has 2 rings (SSSR count). The molecule has 0 fully saturated rings. The van der Waals surface area contributed by atoms with Gasteiger partial charge in [-0.25, -0.2) is 9.97 Å². The summed E-state index contributed by atoms with van der Waals surface area (Å²) < 4.78 is 0. The van der Waals surface area contributed by atoms with E-state index in [1.165, 1.54) is 9.75 Å². The van der Waals surface area contributed by atoms with Crippen molar-refractivity contribution in [3.05, 3.63) is 27.1 Å². The van der Waals surface area contributed by atoms with E-state index in [0.717, 1.165) is 41.4 Å². The summed E-state index contributed by atoms with van der Waals surface area (Å²) in [4.78, 5) is 11.9. The Balaban J connectivity index is 2.47. The molecule has 19 heavy (non-hydrogen) atoms. The van der Waals surface area contributed by atoms with Crippen molar-refractivity contribution >= 4 is 17.2 Å². The van der Waals surface area contributed by atoms with Gasteiger partial charge in [0.2, 0.25) is 0 Å². The van der Waals surface area contributed by atoms with Crippen LogP contribution in [0, 0.1) is 27.7 Å². The van der Waals surface area contributed by atoms with E-state index >= 15 is 0 Å². The number of hydrogen-bond donors (Lipinski definition) is 1. The molecular weight excluding hydrogens is 254 g/mol. The third-order valence-electron chi connectivity index (χ3n) is 3.21. The number of nitrogens with zero attached hydrogens (tertiary/aromatic N) is 2. The molecule has 0 spiro atoms. The van der Waals surface area contributed by atoms with Gasteiger partial charge < -0.3 is 5.32 Å². The molecular formula is C15H21N3S. The van der Waals surface area contributed by atoms with E-state index in [1.54, 1.807) is 11.3 Å². The summed E-state index contributed by atoms with van der Waals surface area (Å²) >= 11 is 1.80. The van der Waals surface area contributed by atoms with Crippen LogP contribution in [-0.2, 0) is 0 Å². The second-order valence-electron chi connectivity index (χ2n) is 4.86. The van der Waals surface area contributed by atoms with Crippen molar-refractivity contribution in [3.8, 4) is 11.4 Å². The van der Waals surface area contributed by atoms with Gasteiger partial charge in [-0.2, -0.15) is 0 Å². The fourth-order valence-electron chi connectivity index (χ4n) is 2.02. The normalized spacial score (nSPS) is 10.8. The molecule has 0 bridgehead atoms. The maximum atomic E-state index is 4.70. The average molecular weight is 275 g/mol. The molecule has 102 valence electrons. The Morgan fingerprint density at radius 3 is 2.47 bits per heavy atom. The summed E-state index contributed by atoms with van der Waals surface area (Å²) in [5, 5.41) is 3.39. The molecule has 0 amide bonds. The highest BCUT2D eigenvalue weighted by molar-refractivity contribution is 7.12. The number of anilines is 1. The third kappa shape index (κ3) is 2.95. The van der Waals surface area contributed by atoms with Crippen molar-refractivity contribution in [2.45, 2.75) is 41.0 Å². The smallest absolute Gasteiger partial charge is 0.162 e. The van der Waals surface area contributed by atoms with E-state index in [-0.39, 0.29) is 0 Å². The largest absolute Gasteiger partial charge is 0.370 e. The molecule has 0 radical (unpaired) electrons. The molecule has 3 nitrogen and oxygen atoms in total. The van der Waals surface area contributed by atoms with Gasteiger partial charge in [0, 0.05) is 33.1 Å². The van der Waals surface area contributed by atoms with Crippen LogP contribution in [0.5, 0.6) is 0 Å². The summed E-state index contributed by atoms with van der Waals surface area (Å²) in [5.74, 6) is 1.80. The Kier molecular flexibility index (Phi) is 4.20. The van der Waals surface area contributed by atoms with Gasteiger partial charge in [0.15, 0.2) is 5.82 Å². The van der Waals surface area contributed by atoms with Crippen molar-refractivity contribution in [3.63, 3.8) is 0 Å². The third-order valence-corrected chi connectivity index (χ3v) is 4.18. The molecule has 0 aliphatic rings. The van der Waals surface area contributed by atoms with Crippen LogP contribution in [0.15, 0.2) is 6.07 Å². The zero-order valence-corrected chi connectivity index (χ0v) is 13.1. The first-order valence-electron chi connectivity index (χ1n) is 6.69. The maximum Gasteiger partial charge on any atom is 0.162 e. The van der Waals surface area contributed by atoms with E-state index in [2.05, 4.69) is 44.1 Å². The lowest BCUT2D eigenvalue weighted by atomic mass is 10.2. The maximum absolute atomic E-state index is 4.70. The number of rotatable bonds is 4. The summed E-state index contributed by atoms with van der Waals surface area (Å²) in [5.41, 5.74) is 3.35. The molecule has 2 heterocycles. The zero-order chi connectivity index (χ0) is 14.0. The van der Waals surface area contributed by atoms with Crippen molar-refractivity contribution in [1.29, 1.82) is 0 Å². The minimum atomic E-state index is 0.837. The molecule has 0 saturated heterocycles. The highest BCUT2D eigenvalue weighted by atomic mass is 32.1. The average Bonchev–Trinajstić information content (AvgIpc) is 2.70. The molecule has 4 heteroatoms. The minimum Gasteiger partial charge on any atom is -0.370 e. The van der Waals surface area contributed by atoms with Crippen molar-refractivity contribution in [2.75, 3.05) is 11.9 Å². The lowest BCUT2D eigenvalue weighted by Crippen LogP contribution is -2.07. The minimum absolute atomic E-state index is 0.837. The zero-order valence-electron chi connectivity index (χ0n) is 12.3. The van der Waals surface area contributed by atoms with Crippen LogP contribution in [-0.4, -0.2) is 16.5 Å². The molecule has 2 aromatic rings. The Labute approximate surface area is 119 Å². The molecule has 0 unspecified atom stereocenters. The van der Waals surface area contributed by atoms with Crippen LogP contribution in [0.2, 0.25) is 0 Å². The Morgan fingerprint density at radius 2 is 1.89 bits per heavy atom. The number of aryl methyl sites for hydroxylation is 3. The molecule has 0 aliphatic carbocycles. The van der Waals surface area contributed by atoms with Gasteiger partial charge in [0.25, 0.3) is 0 Å². The van der Waals surface area contributed by atoms with Gasteiger partial charge in [-0.15, -0.1) is 11.3 Å². The molecule has 2 aromatic heterocycles. The van der Waals surface area contributed by atoms with E-state index in [1.807, 2.05) is 6.92 Å². The van der Waals surface area contributed by atoms with E-state index in [4.69, 9.17) is 4.98 Å². The van der Waals surface area contributed by atoms with Crippen LogP contribution in [0.25, 0.3) is 11.4 Å². The Morgan fingerprint density at radius 1 is 1.16 bits per heavy atom. The van der Waals surface area contributed by atoms with Gasteiger partial charge in [0.05, 0.1) is 0 Å². The molecule has 0 atom stereocenters. The highest BCUT2D eigenvalue weighted by Crippen LogP contribution is 2.30. The summed E-state index contributed by atoms with van der Waals surface area (Å²) in [6, 6.07) is 2.17. The van der Waals surface area contributed by atoms with Crippen LogP contribution < -0.4 is 5.32 Å². The van der Waals surface area contributed by atoms with Gasteiger partial charge >= 0.3 is 0 Å². The van der Waals surface area contributed by atoms with Crippen molar-refractivity contribution in [1.82, 2.24) is 9.97 Å². The Bertz CT molecular complexity index is 587. The lowest BCUT2D eigenvalue weighted by Gasteiger charge is -2.11. The molecule has 0 aromatic carbocycles. The fraction of sp³-hybridized carbons (Fsp3) is 0.467. The molecule has 1 N–H and O–H groups in total. The topological polar surface area (TPSA) is 37.8 Å². The number of aromatic nitrogens is 2. The van der Waals surface area contributed by atoms with Crippen LogP contribution in [0.1, 0.15) is 34.4 Å². The van der Waals surface area contributed by atoms with E-state index in [9.17, 15) is 0 Å². The second kappa shape index (κ2) is 5.70. The number of nitrogens with one attached hydrogen (secondary N) is 1. The quantitative estimate of drug-likeness (QED) is 0.906. The van der Waals surface area contributed by atoms with Gasteiger partial charge in [0.1, 0.15) is 5.82 Å². The molecule has 0 aliphatic heterocycles. The first-order valence-corrected chi connectivity index (χ1v) is 7.51. The van der Waals surface area contributed by atoms with E-state index in [0.29, 0.717) is 0 Å². The van der Waals surface area contributed by atoms with Gasteiger partial charge in [-0.3, -0.25) is 0 Å². The predicted molar refractivity (Wildman–Crippen MR) is 83.1 cm³/mol. The summed E-state index contributed by atoms with van der Waals surface area (Å²) in [6.07, 6.45) is 1.09. The van der Waals surface area contributed by atoms with Crippen molar-refractivity contribution < 1.29 is 0 Å². The van der Waals surface area contributed by atoms with Gasteiger partial charge in [-0.1, -0.05) is 6.92 Å². The first kappa shape index (κ1) is 14.0. The van der Waals surface area contributed by atoms with Crippen molar-refractivity contribution in [2.24, 2.45) is 0 Å². The monoisotopic (exact) mass is 275 g/mol. The predicted octanol–water partition coefficient (Wildman–Crippen LogP) is 4.26. The van der Waals surface area contributed by atoms with Gasteiger partial charge in [-0.05, 0) is 40.2 Å². The van der Waals surface area contributed by atoms with Crippen LogP contribution in [0.3, 0.4) is 0 Å². The summed E-state index contributed by atoms with van der Waals surface area (Å²) in [6.45, 7) is 11.5. The first-order chi connectivity index (χ1) is 9.02. The Hall–Kier alpha value is -1.42. The fourth-order valence-corrected chi connectivity index (χ4v) is 2.94. The lowest BCUT2D eigenvalue weighted by molar-refractivity contribution is 0.954. The number of hydrogen-bond acceptors (Lipinski definition) is 4. The van der Waals surface area contributed by atoms with Crippen LogP contribution in [0.4, 0.5) is 5.82 Å². The SMILES string of the molecule is CCCNc1nc(-c2cc(C)sc2C)nc(C)c1C. The number of thiophene rings is 1. The highest BCUT2D eigenvalue weighted by Gasteiger charge is 2.12. The van der Waals surface area contributed by atoms with E-state index < -0.39 is 0 Å². The van der Waals surface area contributed by atoms with Crippen LogP contribution >= 0.6 is 11.3 Å². The molecule has 0 saturated carbocycles. The summed E-state index contributed by atoms with van der Waals surface area (Å²) in [7, 11) is 0. The standard InChI is InChI=1S/C15H21N3S/c1-6-7-16-14-10(3)11(4)17-15(18-14)13-8-9(2)19-12(13)5/h8H,6-7H2,1-5H3,(H,16,17,18). The second-order valence-corrected chi connectivity index (χ2v) is 6.32.